The molecule has 0 rings (SSSR count). The van der Waals surface area contributed by atoms with Crippen LogP contribution >= 0.6 is 0 Å². The lowest BCUT2D eigenvalue weighted by molar-refractivity contribution is -0.124. The maximum absolute atomic E-state index is 10.7. The Morgan fingerprint density at radius 3 is 1.90 bits per heavy atom. The summed E-state index contributed by atoms with van der Waals surface area (Å²) >= 11 is 0. The highest BCUT2D eigenvalue weighted by molar-refractivity contribution is 6.55. The van der Waals surface area contributed by atoms with E-state index in [4.69, 9.17) is 0 Å². The van der Waals surface area contributed by atoms with Crippen LogP contribution in [0.25, 0.3) is 0 Å². The van der Waals surface area contributed by atoms with Gasteiger partial charge in [-0.3, -0.25) is 9.59 Å². The molecule has 10 heavy (non-hydrogen) atoms. The van der Waals surface area contributed by atoms with E-state index in [2.05, 4.69) is 6.58 Å². The Bertz CT molecular complexity index is 149. The molecule has 0 aliphatic heterocycles. The lowest BCUT2D eigenvalue weighted by Crippen LogP contribution is -2.18. The number of rotatable bonds is 4. The molecular formula is C7H12O2Si. The largest absolute Gasteiger partial charge is 0.300 e. The molecule has 0 aliphatic rings. The lowest BCUT2D eigenvalue weighted by Gasteiger charge is -2.03. The number of carbonyl (C=O) groups is 2. The summed E-state index contributed by atoms with van der Waals surface area (Å²) in [6.07, 6.45) is 0. The van der Waals surface area contributed by atoms with Gasteiger partial charge in [-0.1, -0.05) is 0 Å². The fourth-order valence-electron chi connectivity index (χ4n) is 0.785. The second-order valence-electron chi connectivity index (χ2n) is 2.30. The number of hydrogen-bond donors (Lipinski definition) is 0. The van der Waals surface area contributed by atoms with E-state index < -0.39 is 9.52 Å². The predicted octanol–water partition coefficient (Wildman–Crippen LogP) is 0.265. The van der Waals surface area contributed by atoms with Crippen LogP contribution in [0, 0.1) is 0 Å². The van der Waals surface area contributed by atoms with Crippen molar-refractivity contribution in [2.75, 3.05) is 0 Å². The van der Waals surface area contributed by atoms with E-state index in [0.29, 0.717) is 0 Å². The van der Waals surface area contributed by atoms with Gasteiger partial charge in [0.15, 0.2) is 0 Å². The number of carbonyl (C=O) groups excluding carboxylic acids is 2. The van der Waals surface area contributed by atoms with Crippen molar-refractivity contribution in [3.8, 4) is 0 Å². The molecule has 0 N–H and O–H groups in total. The van der Waals surface area contributed by atoms with E-state index in [-0.39, 0.29) is 17.1 Å². The molecule has 0 atom stereocenters. The number of Topliss-reactive ketones (excluding diaryl/α,β-unsaturated/α-hetero) is 2. The molecule has 0 aromatic heterocycles. The van der Waals surface area contributed by atoms with Crippen LogP contribution in [-0.4, -0.2) is 21.1 Å². The summed E-state index contributed by atoms with van der Waals surface area (Å²) in [4.78, 5) is 21.5. The molecule has 0 spiro atoms. The van der Waals surface area contributed by atoms with Gasteiger partial charge in [-0.05, 0) is 13.8 Å². The highest BCUT2D eigenvalue weighted by Crippen LogP contribution is 2.05. The van der Waals surface area contributed by atoms with Crippen molar-refractivity contribution in [2.24, 2.45) is 0 Å². The van der Waals surface area contributed by atoms with Gasteiger partial charge in [0.1, 0.15) is 11.6 Å². The summed E-state index contributed by atoms with van der Waals surface area (Å²) in [6.45, 7) is 6.44. The molecule has 0 heterocycles. The van der Waals surface area contributed by atoms with Crippen molar-refractivity contribution in [1.29, 1.82) is 0 Å². The Kier molecular flexibility index (Phi) is 3.87. The van der Waals surface area contributed by atoms with Gasteiger partial charge < -0.3 is 0 Å². The van der Waals surface area contributed by atoms with Crippen molar-refractivity contribution in [3.63, 3.8) is 0 Å². The summed E-state index contributed by atoms with van der Waals surface area (Å²) < 4.78 is 0. The summed E-state index contributed by atoms with van der Waals surface area (Å²) in [5.74, 6) is -0.0295. The first-order valence-electron chi connectivity index (χ1n) is 3.21. The van der Waals surface area contributed by atoms with Crippen molar-refractivity contribution in [1.82, 2.24) is 0 Å². The molecule has 0 unspecified atom stereocenters. The monoisotopic (exact) mass is 156 g/mol. The Morgan fingerprint density at radius 2 is 1.80 bits per heavy atom. The van der Waals surface area contributed by atoms with E-state index in [1.807, 2.05) is 0 Å². The zero-order chi connectivity index (χ0) is 8.15. The molecule has 0 saturated carbocycles. The molecule has 56 valence electrons. The molecule has 0 saturated heterocycles. The number of hydrogen-bond acceptors (Lipinski definition) is 2. The molecule has 0 fully saturated rings. The summed E-state index contributed by atoms with van der Waals surface area (Å²) in [5, 5.41) is 0. The molecule has 0 amide bonds. The smallest absolute Gasteiger partial charge is 0.137 e. The summed E-state index contributed by atoms with van der Waals surface area (Å²) in [5.41, 5.74) is 1.41. The van der Waals surface area contributed by atoms with Gasteiger partial charge in [-0.2, -0.15) is 0 Å². The van der Waals surface area contributed by atoms with Gasteiger partial charge >= 0.3 is 0 Å². The maximum Gasteiger partial charge on any atom is 0.137 e. The standard InChI is InChI=1S/C7H12O2Si/c1-4-10-7(5(2)8)6(3)9/h4,7H,1,10H2,2-3H3. The minimum Gasteiger partial charge on any atom is -0.300 e. The van der Waals surface area contributed by atoms with Crippen LogP contribution in [0.5, 0.6) is 0 Å². The van der Waals surface area contributed by atoms with Gasteiger partial charge in [0.25, 0.3) is 0 Å². The third kappa shape index (κ3) is 2.73. The molecule has 0 aromatic carbocycles. The maximum atomic E-state index is 10.7. The first kappa shape index (κ1) is 9.30. The van der Waals surface area contributed by atoms with E-state index in [9.17, 15) is 9.59 Å². The Labute approximate surface area is 63.1 Å². The van der Waals surface area contributed by atoms with Gasteiger partial charge in [-0.15, -0.1) is 12.3 Å². The minimum absolute atomic E-state index is 0.0148. The van der Waals surface area contributed by atoms with Crippen LogP contribution in [0.4, 0.5) is 0 Å². The zero-order valence-electron chi connectivity index (χ0n) is 6.39. The Balaban J connectivity index is 4.11. The van der Waals surface area contributed by atoms with Crippen LogP contribution in [0.1, 0.15) is 13.8 Å². The molecule has 0 aromatic rings. The van der Waals surface area contributed by atoms with Crippen LogP contribution in [0.15, 0.2) is 12.3 Å². The highest BCUT2D eigenvalue weighted by atomic mass is 28.2. The van der Waals surface area contributed by atoms with Crippen LogP contribution in [0.2, 0.25) is 5.54 Å². The van der Waals surface area contributed by atoms with E-state index >= 15 is 0 Å². The Morgan fingerprint density at radius 1 is 1.40 bits per heavy atom. The van der Waals surface area contributed by atoms with Crippen molar-refractivity contribution in [3.05, 3.63) is 12.3 Å². The molecular weight excluding hydrogens is 144 g/mol. The van der Waals surface area contributed by atoms with E-state index in [1.54, 1.807) is 5.70 Å². The second kappa shape index (κ2) is 4.17. The van der Waals surface area contributed by atoms with Crippen molar-refractivity contribution >= 4 is 21.1 Å². The van der Waals surface area contributed by atoms with Gasteiger partial charge in [0.2, 0.25) is 0 Å². The SMILES string of the molecule is C=C[SiH2]C(C(C)=O)C(C)=O. The van der Waals surface area contributed by atoms with Gasteiger partial charge in [0.05, 0.1) is 15.1 Å². The normalized spacial score (nSPS) is 10.7. The summed E-state index contributed by atoms with van der Waals surface area (Å²) in [7, 11) is -0.694. The van der Waals surface area contributed by atoms with Crippen LogP contribution < -0.4 is 0 Å². The topological polar surface area (TPSA) is 34.1 Å². The highest BCUT2D eigenvalue weighted by Gasteiger charge is 2.16. The van der Waals surface area contributed by atoms with Crippen LogP contribution in [-0.2, 0) is 9.59 Å². The molecule has 0 bridgehead atoms. The van der Waals surface area contributed by atoms with Gasteiger partial charge in [-0.25, -0.2) is 0 Å². The first-order valence-corrected chi connectivity index (χ1v) is 4.84. The zero-order valence-corrected chi connectivity index (χ0v) is 7.80. The fourth-order valence-corrected chi connectivity index (χ4v) is 1.78. The minimum atomic E-state index is -0.694. The average molecular weight is 156 g/mol. The molecule has 0 radical (unpaired) electrons. The van der Waals surface area contributed by atoms with Gasteiger partial charge in [0, 0.05) is 0 Å². The number of ketones is 2. The Hall–Kier alpha value is -0.703. The quantitative estimate of drug-likeness (QED) is 0.432. The van der Waals surface area contributed by atoms with Crippen LogP contribution in [0.3, 0.4) is 0 Å². The second-order valence-corrected chi connectivity index (χ2v) is 4.16. The van der Waals surface area contributed by atoms with Crippen molar-refractivity contribution < 1.29 is 9.59 Å². The summed E-state index contributed by atoms with van der Waals surface area (Å²) in [6, 6.07) is 0. The molecule has 3 heteroatoms. The van der Waals surface area contributed by atoms with Crippen molar-refractivity contribution in [2.45, 2.75) is 19.4 Å². The first-order chi connectivity index (χ1) is 4.59. The van der Waals surface area contributed by atoms with E-state index in [1.165, 1.54) is 13.8 Å². The molecule has 2 nitrogen and oxygen atoms in total. The third-order valence-corrected chi connectivity index (χ3v) is 3.34. The lowest BCUT2D eigenvalue weighted by atomic mass is 10.2. The molecule has 0 aliphatic carbocycles. The fraction of sp³-hybridized carbons (Fsp3) is 0.429. The predicted molar refractivity (Wildman–Crippen MR) is 43.9 cm³/mol. The third-order valence-electron chi connectivity index (χ3n) is 1.38. The average Bonchev–Trinajstić information content (AvgIpc) is 1.81. The van der Waals surface area contributed by atoms with E-state index in [0.717, 1.165) is 0 Å².